The van der Waals surface area contributed by atoms with Crippen molar-refractivity contribution in [3.05, 3.63) is 34.6 Å². The number of halogens is 1. The molecule has 1 aliphatic rings. The van der Waals surface area contributed by atoms with E-state index in [1.54, 1.807) is 0 Å². The van der Waals surface area contributed by atoms with E-state index in [-0.39, 0.29) is 5.82 Å². The lowest BCUT2D eigenvalue weighted by molar-refractivity contribution is 0.461. The quantitative estimate of drug-likeness (QED) is 0.827. The first kappa shape index (κ1) is 13.5. The number of benzene rings is 1. The second kappa shape index (κ2) is 5.40. The molecule has 0 spiro atoms. The van der Waals surface area contributed by atoms with Crippen LogP contribution in [0.2, 0.25) is 0 Å². The van der Waals surface area contributed by atoms with E-state index in [1.165, 1.54) is 12.0 Å². The Kier molecular flexibility index (Phi) is 4.06. The Hall–Kier alpha value is -0.890. The van der Waals surface area contributed by atoms with Gasteiger partial charge in [-0.15, -0.1) is 0 Å². The Balaban J connectivity index is 2.24. The molecule has 2 rings (SSSR count). The van der Waals surface area contributed by atoms with E-state index in [9.17, 15) is 4.39 Å². The molecule has 2 heteroatoms. The van der Waals surface area contributed by atoms with Crippen LogP contribution in [0.4, 0.5) is 4.39 Å². The van der Waals surface area contributed by atoms with Crippen molar-refractivity contribution >= 4 is 0 Å². The molecule has 3 unspecified atom stereocenters. The van der Waals surface area contributed by atoms with Crippen LogP contribution in [0.5, 0.6) is 0 Å². The summed E-state index contributed by atoms with van der Waals surface area (Å²) in [5.74, 6) is 1.46. The van der Waals surface area contributed by atoms with Crippen molar-refractivity contribution in [1.29, 1.82) is 0 Å². The molecule has 0 radical (unpaired) electrons. The molecule has 3 atom stereocenters. The molecule has 0 aromatic heterocycles. The van der Waals surface area contributed by atoms with E-state index < -0.39 is 0 Å². The van der Waals surface area contributed by atoms with E-state index in [0.717, 1.165) is 35.9 Å². The van der Waals surface area contributed by atoms with Gasteiger partial charge >= 0.3 is 0 Å². The van der Waals surface area contributed by atoms with Crippen molar-refractivity contribution in [2.24, 2.45) is 11.8 Å². The Morgan fingerprint density at radius 1 is 1.33 bits per heavy atom. The van der Waals surface area contributed by atoms with Crippen LogP contribution in [0, 0.1) is 31.5 Å². The summed E-state index contributed by atoms with van der Waals surface area (Å²) in [6.07, 6.45) is 2.42. The molecule has 1 nitrogen and oxygen atoms in total. The fraction of sp³-hybridized carbons (Fsp3) is 0.625. The number of hydrogen-bond donors (Lipinski definition) is 1. The molecule has 1 N–H and O–H groups in total. The van der Waals surface area contributed by atoms with Crippen LogP contribution in [-0.2, 0) is 0 Å². The summed E-state index contributed by atoms with van der Waals surface area (Å²) in [6.45, 7) is 9.23. The van der Waals surface area contributed by atoms with Crippen molar-refractivity contribution in [3.63, 3.8) is 0 Å². The van der Waals surface area contributed by atoms with E-state index in [4.69, 9.17) is 0 Å². The first-order valence-electron chi connectivity index (χ1n) is 7.04. The predicted molar refractivity (Wildman–Crippen MR) is 74.2 cm³/mol. The highest BCUT2D eigenvalue weighted by Gasteiger charge is 2.40. The molecule has 18 heavy (non-hydrogen) atoms. The van der Waals surface area contributed by atoms with Crippen LogP contribution in [0.3, 0.4) is 0 Å². The molecular weight excluding hydrogens is 225 g/mol. The van der Waals surface area contributed by atoms with Gasteiger partial charge in [-0.2, -0.15) is 0 Å². The zero-order valence-corrected chi connectivity index (χ0v) is 11.9. The first-order valence-corrected chi connectivity index (χ1v) is 7.04. The maximum absolute atomic E-state index is 13.7. The number of nitrogens with one attached hydrogen (secondary N) is 1. The molecule has 0 saturated heterocycles. The highest BCUT2D eigenvalue weighted by molar-refractivity contribution is 5.33. The standard InChI is InChI=1S/C16H24FN/c1-5-6-18-16(14-9-10(14)2)13-7-11(3)15(17)12(4)8-13/h7-8,10,14,16,18H,5-6,9H2,1-4H3. The van der Waals surface area contributed by atoms with Crippen LogP contribution >= 0.6 is 0 Å². The normalized spacial score (nSPS) is 24.1. The summed E-state index contributed by atoms with van der Waals surface area (Å²) in [4.78, 5) is 0. The minimum Gasteiger partial charge on any atom is -0.310 e. The molecule has 0 aliphatic heterocycles. The molecule has 0 bridgehead atoms. The maximum atomic E-state index is 13.7. The first-order chi connectivity index (χ1) is 8.54. The van der Waals surface area contributed by atoms with Gasteiger partial charge in [0.25, 0.3) is 0 Å². The lowest BCUT2D eigenvalue weighted by atomic mass is 9.96. The highest BCUT2D eigenvalue weighted by Crippen LogP contribution is 2.47. The molecule has 1 aromatic carbocycles. The molecule has 0 heterocycles. The lowest BCUT2D eigenvalue weighted by Gasteiger charge is -2.20. The van der Waals surface area contributed by atoms with Crippen molar-refractivity contribution in [3.8, 4) is 0 Å². The van der Waals surface area contributed by atoms with Crippen LogP contribution in [0.25, 0.3) is 0 Å². The molecular formula is C16H24FN. The third kappa shape index (κ3) is 2.74. The zero-order chi connectivity index (χ0) is 13.3. The number of hydrogen-bond acceptors (Lipinski definition) is 1. The van der Waals surface area contributed by atoms with Gasteiger partial charge in [0, 0.05) is 6.04 Å². The Morgan fingerprint density at radius 2 is 1.89 bits per heavy atom. The van der Waals surface area contributed by atoms with Crippen LogP contribution < -0.4 is 5.32 Å². The molecule has 1 aliphatic carbocycles. The second-order valence-corrected chi connectivity index (χ2v) is 5.78. The van der Waals surface area contributed by atoms with E-state index in [2.05, 4.69) is 19.2 Å². The SMILES string of the molecule is CCCNC(c1cc(C)c(F)c(C)c1)C1CC1C. The number of rotatable bonds is 5. The van der Waals surface area contributed by atoms with E-state index >= 15 is 0 Å². The molecule has 1 aromatic rings. The average molecular weight is 249 g/mol. The molecule has 1 saturated carbocycles. The maximum Gasteiger partial charge on any atom is 0.129 e. The third-order valence-corrected chi connectivity index (χ3v) is 4.03. The van der Waals surface area contributed by atoms with Gasteiger partial charge in [-0.3, -0.25) is 0 Å². The van der Waals surface area contributed by atoms with Crippen molar-refractivity contribution in [2.75, 3.05) is 6.54 Å². The Bertz CT molecular complexity index is 404. The summed E-state index contributed by atoms with van der Waals surface area (Å²) >= 11 is 0. The van der Waals surface area contributed by atoms with Gasteiger partial charge in [0.1, 0.15) is 5.82 Å². The van der Waals surface area contributed by atoms with Gasteiger partial charge in [-0.1, -0.05) is 26.0 Å². The number of aryl methyl sites for hydroxylation is 2. The van der Waals surface area contributed by atoms with Crippen LogP contribution in [-0.4, -0.2) is 6.54 Å². The minimum atomic E-state index is -0.0585. The van der Waals surface area contributed by atoms with Gasteiger partial charge in [0.2, 0.25) is 0 Å². The van der Waals surface area contributed by atoms with E-state index in [0.29, 0.717) is 6.04 Å². The monoisotopic (exact) mass is 249 g/mol. The summed E-state index contributed by atoms with van der Waals surface area (Å²) in [5.41, 5.74) is 2.79. The highest BCUT2D eigenvalue weighted by atomic mass is 19.1. The topological polar surface area (TPSA) is 12.0 Å². The third-order valence-electron chi connectivity index (χ3n) is 4.03. The molecule has 1 fully saturated rings. The van der Waals surface area contributed by atoms with Gasteiger partial charge in [-0.05, 0) is 61.8 Å². The van der Waals surface area contributed by atoms with Crippen LogP contribution in [0.1, 0.15) is 49.4 Å². The van der Waals surface area contributed by atoms with Crippen LogP contribution in [0.15, 0.2) is 12.1 Å². The average Bonchev–Trinajstić information content (AvgIpc) is 3.03. The molecule has 0 amide bonds. The van der Waals surface area contributed by atoms with Gasteiger partial charge < -0.3 is 5.32 Å². The van der Waals surface area contributed by atoms with Crippen molar-refractivity contribution in [1.82, 2.24) is 5.32 Å². The molecule has 100 valence electrons. The summed E-state index contributed by atoms with van der Waals surface area (Å²) in [7, 11) is 0. The van der Waals surface area contributed by atoms with Gasteiger partial charge in [0.15, 0.2) is 0 Å². The Labute approximate surface area is 110 Å². The fourth-order valence-corrected chi connectivity index (χ4v) is 2.79. The van der Waals surface area contributed by atoms with Crippen molar-refractivity contribution < 1.29 is 4.39 Å². The fourth-order valence-electron chi connectivity index (χ4n) is 2.79. The smallest absolute Gasteiger partial charge is 0.129 e. The lowest BCUT2D eigenvalue weighted by Crippen LogP contribution is -2.24. The van der Waals surface area contributed by atoms with Gasteiger partial charge in [0.05, 0.1) is 0 Å². The Morgan fingerprint density at radius 3 is 2.33 bits per heavy atom. The zero-order valence-electron chi connectivity index (χ0n) is 11.9. The predicted octanol–water partition coefficient (Wildman–Crippen LogP) is 4.14. The summed E-state index contributed by atoms with van der Waals surface area (Å²) in [6, 6.07) is 4.43. The van der Waals surface area contributed by atoms with Gasteiger partial charge in [-0.25, -0.2) is 4.39 Å². The summed E-state index contributed by atoms with van der Waals surface area (Å²) < 4.78 is 13.7. The summed E-state index contributed by atoms with van der Waals surface area (Å²) in [5, 5.41) is 3.63. The minimum absolute atomic E-state index is 0.0585. The van der Waals surface area contributed by atoms with Crippen molar-refractivity contribution in [2.45, 2.75) is 46.6 Å². The van der Waals surface area contributed by atoms with E-state index in [1.807, 2.05) is 26.0 Å². The largest absolute Gasteiger partial charge is 0.310 e. The second-order valence-electron chi connectivity index (χ2n) is 5.78.